The Bertz CT molecular complexity index is 1050. The summed E-state index contributed by atoms with van der Waals surface area (Å²) in [7, 11) is 1.63. The first-order valence-electron chi connectivity index (χ1n) is 8.78. The van der Waals surface area contributed by atoms with Crippen molar-refractivity contribution in [1.82, 2.24) is 4.98 Å². The number of nitrogens with zero attached hydrogens (tertiary/aromatic N) is 1. The number of methoxy groups -OCH3 is 1. The summed E-state index contributed by atoms with van der Waals surface area (Å²) in [5.74, 6) is 0.903. The van der Waals surface area contributed by atoms with Crippen LogP contribution in [0.5, 0.6) is 17.2 Å². The maximum Gasteiger partial charge on any atom is 0.308 e. The molecule has 0 saturated carbocycles. The molecule has 0 aliphatic carbocycles. The minimum atomic E-state index is -0.458. The smallest absolute Gasteiger partial charge is 0.308 e. The van der Waals surface area contributed by atoms with Gasteiger partial charge in [-0.2, -0.15) is 0 Å². The molecule has 0 aliphatic heterocycles. The monoisotopic (exact) mass is 397 g/mol. The molecule has 0 amide bonds. The number of para-hydroxylation sites is 1. The van der Waals surface area contributed by atoms with Crippen molar-refractivity contribution in [3.05, 3.63) is 58.7 Å². The number of carbonyl (C=O) groups excluding carboxylic acids is 1. The van der Waals surface area contributed by atoms with E-state index in [1.807, 2.05) is 49.4 Å². The van der Waals surface area contributed by atoms with Crippen LogP contribution in [0.15, 0.2) is 42.5 Å². The number of hydrogen-bond donors (Lipinski definition) is 0. The number of esters is 1. The Labute approximate surface area is 168 Å². The van der Waals surface area contributed by atoms with E-state index in [9.17, 15) is 4.79 Å². The fourth-order valence-corrected chi connectivity index (χ4v) is 3.02. The summed E-state index contributed by atoms with van der Waals surface area (Å²) in [5, 5.41) is 1.30. The van der Waals surface area contributed by atoms with Crippen LogP contribution in [0.3, 0.4) is 0 Å². The topological polar surface area (TPSA) is 57.6 Å². The highest BCUT2D eigenvalue weighted by Gasteiger charge is 2.14. The largest absolute Gasteiger partial charge is 0.494 e. The number of ether oxygens (including phenoxy) is 3. The minimum absolute atomic E-state index is 0.224. The number of aromatic nitrogens is 1. The zero-order chi connectivity index (χ0) is 20.1. The summed E-state index contributed by atoms with van der Waals surface area (Å²) in [6, 6.07) is 13.2. The molecule has 1 aromatic heterocycles. The van der Waals surface area contributed by atoms with Crippen molar-refractivity contribution in [1.29, 1.82) is 0 Å². The SMILES string of the molecule is CCOc1cc(/C=C/c2ccc3cccc(OC)c3n2)cc(Cl)c1OC(C)=O. The van der Waals surface area contributed by atoms with Gasteiger partial charge in [-0.05, 0) is 42.8 Å². The lowest BCUT2D eigenvalue weighted by Crippen LogP contribution is -2.05. The molecule has 0 N–H and O–H groups in total. The van der Waals surface area contributed by atoms with Crippen LogP contribution in [0, 0.1) is 0 Å². The van der Waals surface area contributed by atoms with Crippen LogP contribution in [-0.2, 0) is 4.79 Å². The van der Waals surface area contributed by atoms with Crippen LogP contribution < -0.4 is 14.2 Å². The number of hydrogen-bond acceptors (Lipinski definition) is 5. The number of carbonyl (C=O) groups is 1. The van der Waals surface area contributed by atoms with Crippen LogP contribution in [-0.4, -0.2) is 24.7 Å². The van der Waals surface area contributed by atoms with E-state index in [1.165, 1.54) is 6.92 Å². The molecule has 0 aliphatic rings. The highest BCUT2D eigenvalue weighted by atomic mass is 35.5. The van der Waals surface area contributed by atoms with Gasteiger partial charge in [0.2, 0.25) is 0 Å². The van der Waals surface area contributed by atoms with Gasteiger partial charge in [-0.3, -0.25) is 4.79 Å². The molecule has 3 aromatic rings. The van der Waals surface area contributed by atoms with Crippen LogP contribution in [0.25, 0.3) is 23.1 Å². The second kappa shape index (κ2) is 8.76. The standard InChI is InChI=1S/C22H20ClNO4/c1-4-27-20-13-15(12-18(23)22(20)28-14(2)25)8-10-17-11-9-16-6-5-7-19(26-3)21(16)24-17/h5-13H,4H2,1-3H3/b10-8+. The molecule has 0 atom stereocenters. The molecule has 28 heavy (non-hydrogen) atoms. The summed E-state index contributed by atoms with van der Waals surface area (Å²) in [6.45, 7) is 3.59. The minimum Gasteiger partial charge on any atom is -0.494 e. The van der Waals surface area contributed by atoms with Crippen molar-refractivity contribution in [2.45, 2.75) is 13.8 Å². The van der Waals surface area contributed by atoms with Crippen molar-refractivity contribution in [2.75, 3.05) is 13.7 Å². The highest BCUT2D eigenvalue weighted by molar-refractivity contribution is 6.32. The molecular formula is C22H20ClNO4. The summed E-state index contributed by atoms with van der Waals surface area (Å²) >= 11 is 6.29. The van der Waals surface area contributed by atoms with Crippen molar-refractivity contribution in [3.63, 3.8) is 0 Å². The van der Waals surface area contributed by atoms with E-state index < -0.39 is 5.97 Å². The number of benzene rings is 2. The predicted octanol–water partition coefficient (Wildman–Crippen LogP) is 5.39. The number of pyridine rings is 1. The van der Waals surface area contributed by atoms with Crippen molar-refractivity contribution in [2.24, 2.45) is 0 Å². The molecule has 5 nitrogen and oxygen atoms in total. The van der Waals surface area contributed by atoms with E-state index in [0.717, 1.165) is 27.9 Å². The van der Waals surface area contributed by atoms with Gasteiger partial charge in [-0.15, -0.1) is 0 Å². The molecule has 0 spiro atoms. The van der Waals surface area contributed by atoms with Gasteiger partial charge in [0.15, 0.2) is 11.5 Å². The lowest BCUT2D eigenvalue weighted by atomic mass is 10.1. The third-order valence-electron chi connectivity index (χ3n) is 3.95. The lowest BCUT2D eigenvalue weighted by Gasteiger charge is -2.12. The highest BCUT2D eigenvalue weighted by Crippen LogP contribution is 2.37. The van der Waals surface area contributed by atoms with Crippen LogP contribution in [0.1, 0.15) is 25.1 Å². The third kappa shape index (κ3) is 4.43. The van der Waals surface area contributed by atoms with Crippen molar-refractivity contribution in [3.8, 4) is 17.2 Å². The zero-order valence-electron chi connectivity index (χ0n) is 15.9. The fraction of sp³-hybridized carbons (Fsp3) is 0.182. The molecule has 0 bridgehead atoms. The van der Waals surface area contributed by atoms with E-state index in [4.69, 9.17) is 25.8 Å². The maximum absolute atomic E-state index is 11.3. The average Bonchev–Trinajstić information content (AvgIpc) is 2.68. The Morgan fingerprint density at radius 1 is 1.14 bits per heavy atom. The first kappa shape index (κ1) is 19.7. The van der Waals surface area contributed by atoms with Gasteiger partial charge >= 0.3 is 5.97 Å². The number of rotatable bonds is 6. The molecule has 0 radical (unpaired) electrons. The molecule has 6 heteroatoms. The fourth-order valence-electron chi connectivity index (χ4n) is 2.76. The maximum atomic E-state index is 11.3. The van der Waals surface area contributed by atoms with E-state index >= 15 is 0 Å². The van der Waals surface area contributed by atoms with Crippen LogP contribution in [0.2, 0.25) is 5.02 Å². The third-order valence-corrected chi connectivity index (χ3v) is 4.23. The van der Waals surface area contributed by atoms with Crippen LogP contribution >= 0.6 is 11.6 Å². The van der Waals surface area contributed by atoms with Crippen LogP contribution in [0.4, 0.5) is 0 Å². The zero-order valence-corrected chi connectivity index (χ0v) is 16.6. The molecule has 144 valence electrons. The summed E-state index contributed by atoms with van der Waals surface area (Å²) in [5.41, 5.74) is 2.37. The van der Waals surface area contributed by atoms with Crippen molar-refractivity contribution < 1.29 is 19.0 Å². The van der Waals surface area contributed by atoms with E-state index in [0.29, 0.717) is 17.4 Å². The molecule has 2 aromatic carbocycles. The molecule has 0 fully saturated rings. The Morgan fingerprint density at radius 2 is 1.96 bits per heavy atom. The predicted molar refractivity (Wildman–Crippen MR) is 111 cm³/mol. The van der Waals surface area contributed by atoms with Gasteiger partial charge in [0.1, 0.15) is 11.3 Å². The lowest BCUT2D eigenvalue weighted by molar-refractivity contribution is -0.132. The Hall–Kier alpha value is -3.05. The summed E-state index contributed by atoms with van der Waals surface area (Å²) in [6.07, 6.45) is 3.74. The van der Waals surface area contributed by atoms with Gasteiger partial charge in [-0.25, -0.2) is 4.98 Å². The Morgan fingerprint density at radius 3 is 2.68 bits per heavy atom. The van der Waals surface area contributed by atoms with E-state index in [-0.39, 0.29) is 5.75 Å². The number of fused-ring (bicyclic) bond motifs is 1. The van der Waals surface area contributed by atoms with E-state index in [2.05, 4.69) is 4.98 Å². The second-order valence-electron chi connectivity index (χ2n) is 5.96. The Balaban J connectivity index is 1.95. The van der Waals surface area contributed by atoms with Gasteiger partial charge in [0.05, 0.1) is 24.4 Å². The molecular weight excluding hydrogens is 378 g/mol. The molecule has 0 saturated heterocycles. The average molecular weight is 398 g/mol. The summed E-state index contributed by atoms with van der Waals surface area (Å²) < 4.78 is 16.1. The molecule has 0 unspecified atom stereocenters. The second-order valence-corrected chi connectivity index (χ2v) is 6.37. The van der Waals surface area contributed by atoms with Crippen molar-refractivity contribution >= 4 is 40.6 Å². The quantitative estimate of drug-likeness (QED) is 0.412. The Kier molecular flexibility index (Phi) is 6.16. The normalized spacial score (nSPS) is 11.0. The van der Waals surface area contributed by atoms with Gasteiger partial charge in [-0.1, -0.05) is 35.9 Å². The first-order valence-corrected chi connectivity index (χ1v) is 9.16. The van der Waals surface area contributed by atoms with Gasteiger partial charge in [0, 0.05) is 12.3 Å². The van der Waals surface area contributed by atoms with Gasteiger partial charge in [0.25, 0.3) is 0 Å². The molecule has 1 heterocycles. The van der Waals surface area contributed by atoms with E-state index in [1.54, 1.807) is 19.2 Å². The number of halogens is 1. The molecule has 3 rings (SSSR count). The first-order chi connectivity index (χ1) is 13.5. The summed E-state index contributed by atoms with van der Waals surface area (Å²) in [4.78, 5) is 16.0. The van der Waals surface area contributed by atoms with Gasteiger partial charge < -0.3 is 14.2 Å².